The second kappa shape index (κ2) is 3.45. The molecule has 0 aliphatic rings. The van der Waals surface area contributed by atoms with Crippen LogP contribution in [0.3, 0.4) is 0 Å². The number of primary amides is 1. The molecule has 0 saturated carbocycles. The molecular weight excluding hydrogens is 164 g/mol. The molecule has 60 valence electrons. The van der Waals surface area contributed by atoms with E-state index in [0.29, 0.717) is 0 Å². The Morgan fingerprint density at radius 2 is 2.64 bits per heavy atom. The molecule has 11 heavy (non-hydrogen) atoms. The van der Waals surface area contributed by atoms with Crippen LogP contribution in [0.15, 0.2) is 11.7 Å². The first-order valence-corrected chi connectivity index (χ1v) is 3.93. The van der Waals surface area contributed by atoms with Gasteiger partial charge in [-0.2, -0.15) is 0 Å². The molecule has 0 bridgehead atoms. The number of aromatic nitrogens is 1. The Bertz CT molecular complexity index is 235. The Hall–Kier alpha value is -0.940. The highest BCUT2D eigenvalue weighted by atomic mass is 32.1. The summed E-state index contributed by atoms with van der Waals surface area (Å²) in [5.41, 5.74) is 6.49. The van der Waals surface area contributed by atoms with Crippen molar-refractivity contribution in [2.24, 2.45) is 5.73 Å². The number of aliphatic hydroxyl groups excluding tert-OH is 1. The number of nitrogens with two attached hydrogens (primary N) is 1. The summed E-state index contributed by atoms with van der Waals surface area (Å²) >= 11 is 1.39. The summed E-state index contributed by atoms with van der Waals surface area (Å²) in [6.45, 7) is 0. The van der Waals surface area contributed by atoms with Crippen LogP contribution < -0.4 is 5.73 Å². The van der Waals surface area contributed by atoms with Crippen LogP contribution in [-0.4, -0.2) is 22.1 Å². The van der Waals surface area contributed by atoms with Crippen molar-refractivity contribution >= 4 is 17.2 Å². The lowest BCUT2D eigenvalue weighted by Crippen LogP contribution is -2.29. The molecule has 0 aromatic carbocycles. The van der Waals surface area contributed by atoms with Gasteiger partial charge in [0, 0.05) is 17.5 Å². The number of aliphatic hydroxyl groups is 1. The maximum absolute atomic E-state index is 10.4. The van der Waals surface area contributed by atoms with Gasteiger partial charge in [-0.05, 0) is 0 Å². The largest absolute Gasteiger partial charge is 0.383 e. The minimum atomic E-state index is -1.09. The molecule has 5 heteroatoms. The van der Waals surface area contributed by atoms with E-state index in [0.717, 1.165) is 4.88 Å². The lowest BCUT2D eigenvalue weighted by atomic mass is 10.2. The van der Waals surface area contributed by atoms with E-state index in [-0.39, 0.29) is 6.42 Å². The fourth-order valence-corrected chi connectivity index (χ4v) is 1.27. The molecule has 0 spiro atoms. The van der Waals surface area contributed by atoms with Crippen molar-refractivity contribution in [3.63, 3.8) is 0 Å². The Kier molecular flexibility index (Phi) is 2.56. The molecule has 1 atom stereocenters. The first-order valence-electron chi connectivity index (χ1n) is 3.05. The van der Waals surface area contributed by atoms with Gasteiger partial charge in [-0.15, -0.1) is 11.3 Å². The summed E-state index contributed by atoms with van der Waals surface area (Å²) in [6.07, 6.45) is 0.784. The fraction of sp³-hybridized carbons (Fsp3) is 0.333. The number of hydrogen-bond acceptors (Lipinski definition) is 4. The summed E-state index contributed by atoms with van der Waals surface area (Å²) < 4.78 is 0. The van der Waals surface area contributed by atoms with E-state index in [1.807, 2.05) is 0 Å². The zero-order chi connectivity index (χ0) is 8.27. The Balaban J connectivity index is 2.50. The SMILES string of the molecule is NC(=O)C(O)Cc1cncs1. The molecule has 0 saturated heterocycles. The van der Waals surface area contributed by atoms with Gasteiger partial charge >= 0.3 is 0 Å². The number of rotatable bonds is 3. The van der Waals surface area contributed by atoms with Gasteiger partial charge in [0.15, 0.2) is 0 Å². The Labute approximate surface area is 67.7 Å². The fourth-order valence-electron chi connectivity index (χ4n) is 0.634. The smallest absolute Gasteiger partial charge is 0.246 e. The lowest BCUT2D eigenvalue weighted by Gasteiger charge is -2.01. The maximum atomic E-state index is 10.4. The van der Waals surface area contributed by atoms with E-state index in [4.69, 9.17) is 10.8 Å². The summed E-state index contributed by atoms with van der Waals surface area (Å²) in [5, 5.41) is 9.00. The van der Waals surface area contributed by atoms with E-state index >= 15 is 0 Å². The predicted octanol–water partition coefficient (Wildman–Crippen LogP) is -0.468. The van der Waals surface area contributed by atoms with Crippen LogP contribution in [0.1, 0.15) is 4.88 Å². The number of thiazole rings is 1. The predicted molar refractivity (Wildman–Crippen MR) is 41.0 cm³/mol. The molecule has 0 fully saturated rings. The van der Waals surface area contributed by atoms with Crippen molar-refractivity contribution in [1.29, 1.82) is 0 Å². The maximum Gasteiger partial charge on any atom is 0.246 e. The molecule has 1 aromatic heterocycles. The number of carbonyl (C=O) groups is 1. The van der Waals surface area contributed by atoms with Gasteiger partial charge in [0.05, 0.1) is 5.51 Å². The minimum absolute atomic E-state index is 0.264. The highest BCUT2D eigenvalue weighted by Crippen LogP contribution is 2.07. The standard InChI is InChI=1S/C6H8N2O2S/c7-6(10)5(9)1-4-2-8-3-11-4/h2-3,5,9H,1H2,(H2,7,10). The van der Waals surface area contributed by atoms with Gasteiger partial charge in [0.25, 0.3) is 0 Å². The first-order chi connectivity index (χ1) is 5.20. The first kappa shape index (κ1) is 8.16. The number of amides is 1. The molecular formula is C6H8N2O2S. The van der Waals surface area contributed by atoms with Crippen LogP contribution in [0.2, 0.25) is 0 Å². The second-order valence-electron chi connectivity index (χ2n) is 2.09. The molecule has 1 heterocycles. The highest BCUT2D eigenvalue weighted by molar-refractivity contribution is 7.09. The topological polar surface area (TPSA) is 76.2 Å². The number of hydrogen-bond donors (Lipinski definition) is 2. The van der Waals surface area contributed by atoms with Crippen molar-refractivity contribution in [2.45, 2.75) is 12.5 Å². The number of nitrogens with zero attached hydrogens (tertiary/aromatic N) is 1. The monoisotopic (exact) mass is 172 g/mol. The summed E-state index contributed by atoms with van der Waals surface area (Å²) in [6, 6.07) is 0. The van der Waals surface area contributed by atoms with Gasteiger partial charge < -0.3 is 10.8 Å². The molecule has 0 radical (unpaired) electrons. The van der Waals surface area contributed by atoms with Crippen molar-refractivity contribution < 1.29 is 9.90 Å². The lowest BCUT2D eigenvalue weighted by molar-refractivity contribution is -0.125. The molecule has 0 aliphatic carbocycles. The summed E-state index contributed by atoms with van der Waals surface area (Å²) in [4.78, 5) is 15.0. The zero-order valence-corrected chi connectivity index (χ0v) is 6.54. The van der Waals surface area contributed by atoms with Gasteiger partial charge in [0.1, 0.15) is 6.10 Å². The molecule has 1 rings (SSSR count). The normalized spacial score (nSPS) is 12.8. The van der Waals surface area contributed by atoms with Crippen LogP contribution in [0, 0.1) is 0 Å². The quantitative estimate of drug-likeness (QED) is 0.647. The van der Waals surface area contributed by atoms with Gasteiger partial charge in [-0.1, -0.05) is 0 Å². The molecule has 1 aromatic rings. The Morgan fingerprint density at radius 1 is 1.91 bits per heavy atom. The van der Waals surface area contributed by atoms with Gasteiger partial charge in [-0.25, -0.2) is 0 Å². The van der Waals surface area contributed by atoms with Crippen LogP contribution in [0.5, 0.6) is 0 Å². The third kappa shape index (κ3) is 2.28. The van der Waals surface area contributed by atoms with Crippen LogP contribution in [0.25, 0.3) is 0 Å². The molecule has 4 nitrogen and oxygen atoms in total. The van der Waals surface area contributed by atoms with Crippen LogP contribution >= 0.6 is 11.3 Å². The van der Waals surface area contributed by atoms with Gasteiger partial charge in [-0.3, -0.25) is 9.78 Å². The summed E-state index contributed by atoms with van der Waals surface area (Å²) in [5.74, 6) is -0.696. The Morgan fingerprint density at radius 3 is 3.09 bits per heavy atom. The molecule has 1 amide bonds. The highest BCUT2D eigenvalue weighted by Gasteiger charge is 2.11. The van der Waals surface area contributed by atoms with Crippen molar-refractivity contribution in [3.8, 4) is 0 Å². The second-order valence-corrected chi connectivity index (χ2v) is 3.06. The third-order valence-electron chi connectivity index (χ3n) is 1.21. The van der Waals surface area contributed by atoms with Gasteiger partial charge in [0.2, 0.25) is 5.91 Å². The average Bonchev–Trinajstić information content (AvgIpc) is 2.39. The van der Waals surface area contributed by atoms with E-state index in [9.17, 15) is 4.79 Å². The zero-order valence-electron chi connectivity index (χ0n) is 5.73. The van der Waals surface area contributed by atoms with Crippen LogP contribution in [0.4, 0.5) is 0 Å². The van der Waals surface area contributed by atoms with Crippen LogP contribution in [-0.2, 0) is 11.2 Å². The van der Waals surface area contributed by atoms with E-state index in [2.05, 4.69) is 4.98 Å². The third-order valence-corrected chi connectivity index (χ3v) is 2.01. The minimum Gasteiger partial charge on any atom is -0.383 e. The summed E-state index contributed by atoms with van der Waals surface area (Å²) in [7, 11) is 0. The van der Waals surface area contributed by atoms with E-state index in [1.54, 1.807) is 11.7 Å². The molecule has 1 unspecified atom stereocenters. The number of carbonyl (C=O) groups excluding carboxylic acids is 1. The average molecular weight is 172 g/mol. The van der Waals surface area contributed by atoms with Crippen molar-refractivity contribution in [3.05, 3.63) is 16.6 Å². The van der Waals surface area contributed by atoms with E-state index in [1.165, 1.54) is 11.3 Å². The molecule has 3 N–H and O–H groups in total. The van der Waals surface area contributed by atoms with Crippen molar-refractivity contribution in [2.75, 3.05) is 0 Å². The van der Waals surface area contributed by atoms with E-state index < -0.39 is 12.0 Å². The van der Waals surface area contributed by atoms with Crippen molar-refractivity contribution in [1.82, 2.24) is 4.98 Å². The molecule has 0 aliphatic heterocycles.